The quantitative estimate of drug-likeness (QED) is 0.444. The number of fused-ring (bicyclic) bond motifs is 1. The summed E-state index contributed by atoms with van der Waals surface area (Å²) in [6.45, 7) is 2.84. The molecule has 1 amide bonds. The molecule has 6 nitrogen and oxygen atoms in total. The van der Waals surface area contributed by atoms with Crippen molar-refractivity contribution in [1.29, 1.82) is 0 Å². The predicted octanol–water partition coefficient (Wildman–Crippen LogP) is 2.32. The van der Waals surface area contributed by atoms with Gasteiger partial charge in [-0.1, -0.05) is 25.5 Å². The van der Waals surface area contributed by atoms with Crippen molar-refractivity contribution in [3.63, 3.8) is 0 Å². The molecule has 3 heterocycles. The van der Waals surface area contributed by atoms with Crippen LogP contribution in [0.2, 0.25) is 0 Å². The number of esters is 1. The van der Waals surface area contributed by atoms with E-state index in [2.05, 4.69) is 0 Å². The van der Waals surface area contributed by atoms with Crippen molar-refractivity contribution in [2.75, 3.05) is 25.2 Å². The summed E-state index contributed by atoms with van der Waals surface area (Å²) in [5.41, 5.74) is 0.0500. The van der Waals surface area contributed by atoms with Crippen LogP contribution in [0.5, 0.6) is 5.75 Å². The third kappa shape index (κ3) is 2.51. The van der Waals surface area contributed by atoms with Crippen LogP contribution in [0, 0.1) is 11.8 Å². The number of nitrogens with zero attached hydrogens (tertiary/aromatic N) is 1. The van der Waals surface area contributed by atoms with E-state index < -0.39 is 17.4 Å². The van der Waals surface area contributed by atoms with Crippen LogP contribution in [-0.4, -0.2) is 43.8 Å². The normalized spacial score (nSPS) is 31.4. The fourth-order valence-electron chi connectivity index (χ4n) is 4.16. The number of hydrogen-bond acceptors (Lipinski definition) is 5. The molecule has 0 N–H and O–H groups in total. The Labute approximate surface area is 152 Å². The Morgan fingerprint density at radius 2 is 2.12 bits per heavy atom. The minimum Gasteiger partial charge on any atom is -0.497 e. The average Bonchev–Trinajstić information content (AvgIpc) is 3.30. The van der Waals surface area contributed by atoms with Crippen LogP contribution in [0.3, 0.4) is 0 Å². The van der Waals surface area contributed by atoms with E-state index in [1.165, 1.54) is 0 Å². The summed E-state index contributed by atoms with van der Waals surface area (Å²) in [5.74, 6) is -0.765. The Balaban J connectivity index is 1.57. The van der Waals surface area contributed by atoms with Crippen LogP contribution in [0.1, 0.15) is 19.8 Å². The van der Waals surface area contributed by atoms with Crippen LogP contribution in [0.25, 0.3) is 0 Å². The van der Waals surface area contributed by atoms with E-state index in [4.69, 9.17) is 14.2 Å². The molecule has 4 rings (SSSR count). The molecule has 0 saturated carbocycles. The molecule has 0 aromatic heterocycles. The molecule has 138 valence electrons. The zero-order valence-corrected chi connectivity index (χ0v) is 15.0. The Bertz CT molecular complexity index is 743. The van der Waals surface area contributed by atoms with E-state index in [9.17, 15) is 9.59 Å². The highest BCUT2D eigenvalue weighted by Crippen LogP contribution is 2.52. The summed E-state index contributed by atoms with van der Waals surface area (Å²) < 4.78 is 16.7. The Hall–Kier alpha value is -2.34. The summed E-state index contributed by atoms with van der Waals surface area (Å²) in [5, 5.41) is 0. The van der Waals surface area contributed by atoms with E-state index in [1.807, 2.05) is 43.3 Å². The summed E-state index contributed by atoms with van der Waals surface area (Å²) in [6.07, 6.45) is 5.25. The average molecular weight is 357 g/mol. The van der Waals surface area contributed by atoms with E-state index in [-0.39, 0.29) is 18.0 Å². The largest absolute Gasteiger partial charge is 0.497 e. The van der Waals surface area contributed by atoms with Gasteiger partial charge in [-0.15, -0.1) is 0 Å². The summed E-state index contributed by atoms with van der Waals surface area (Å²) >= 11 is 0. The molecule has 0 radical (unpaired) electrons. The lowest BCUT2D eigenvalue weighted by Gasteiger charge is -2.22. The van der Waals surface area contributed by atoms with Crippen LogP contribution >= 0.6 is 0 Å². The number of hydrogen-bond donors (Lipinski definition) is 0. The van der Waals surface area contributed by atoms with Gasteiger partial charge in [0.2, 0.25) is 5.91 Å². The van der Waals surface area contributed by atoms with Crippen molar-refractivity contribution in [1.82, 2.24) is 0 Å². The highest BCUT2D eigenvalue weighted by molar-refractivity contribution is 6.02. The molecule has 2 bridgehead atoms. The van der Waals surface area contributed by atoms with Crippen LogP contribution < -0.4 is 9.64 Å². The van der Waals surface area contributed by atoms with Gasteiger partial charge in [0.15, 0.2) is 0 Å². The van der Waals surface area contributed by atoms with E-state index in [0.29, 0.717) is 13.2 Å². The molecule has 3 aliphatic heterocycles. The molecule has 2 fully saturated rings. The number of amides is 1. The number of carbonyl (C=O) groups excluding carboxylic acids is 2. The van der Waals surface area contributed by atoms with Gasteiger partial charge in [0.05, 0.1) is 32.3 Å². The van der Waals surface area contributed by atoms with E-state index in [0.717, 1.165) is 24.3 Å². The monoisotopic (exact) mass is 357 g/mol. The minimum atomic E-state index is -0.726. The van der Waals surface area contributed by atoms with Crippen molar-refractivity contribution in [2.24, 2.45) is 11.8 Å². The Morgan fingerprint density at radius 3 is 2.81 bits per heavy atom. The molecule has 0 aliphatic carbocycles. The van der Waals surface area contributed by atoms with Crippen molar-refractivity contribution in [3.8, 4) is 5.75 Å². The summed E-state index contributed by atoms with van der Waals surface area (Å²) in [6, 6.07) is 7.33. The number of methoxy groups -OCH3 is 1. The molecule has 6 heteroatoms. The smallest absolute Gasteiger partial charge is 0.312 e. The lowest BCUT2D eigenvalue weighted by atomic mass is 9.77. The second-order valence-corrected chi connectivity index (χ2v) is 7.04. The number of carbonyl (C=O) groups is 2. The molecule has 1 aromatic carbocycles. The topological polar surface area (TPSA) is 65.1 Å². The SMILES string of the molecule is CCCCOC(=O)[C@H]1[C@@H]2C=C[C@]3(CN(c4ccc(OC)cc4)C(=O)[C@H]13)O2. The summed E-state index contributed by atoms with van der Waals surface area (Å²) in [4.78, 5) is 27.4. The standard InChI is InChI=1S/C20H23NO5/c1-3-4-11-25-19(23)16-15-9-10-20(26-15)12-21(18(22)17(16)20)13-5-7-14(24-2)8-6-13/h5-10,15-17H,3-4,11-12H2,1-2H3/t15-,16-,17-,20+/m0/s1. The fourth-order valence-corrected chi connectivity index (χ4v) is 4.16. The molecule has 4 atom stereocenters. The zero-order chi connectivity index (χ0) is 18.3. The third-order valence-corrected chi connectivity index (χ3v) is 5.50. The number of benzene rings is 1. The van der Waals surface area contributed by atoms with Crippen molar-refractivity contribution in [2.45, 2.75) is 31.5 Å². The van der Waals surface area contributed by atoms with Gasteiger partial charge in [0, 0.05) is 5.69 Å². The van der Waals surface area contributed by atoms with E-state index in [1.54, 1.807) is 12.0 Å². The second-order valence-electron chi connectivity index (χ2n) is 7.04. The maximum Gasteiger partial charge on any atom is 0.312 e. The molecule has 26 heavy (non-hydrogen) atoms. The molecule has 3 aliphatic rings. The first-order chi connectivity index (χ1) is 12.6. The highest BCUT2D eigenvalue weighted by Gasteiger charge is 2.67. The lowest BCUT2D eigenvalue weighted by Crippen LogP contribution is -2.40. The molecule has 0 unspecified atom stereocenters. The van der Waals surface area contributed by atoms with Gasteiger partial charge in [-0.05, 0) is 30.7 Å². The number of ether oxygens (including phenoxy) is 3. The maximum absolute atomic E-state index is 13.1. The van der Waals surface area contributed by atoms with Gasteiger partial charge in [0.1, 0.15) is 17.3 Å². The van der Waals surface area contributed by atoms with Crippen molar-refractivity contribution in [3.05, 3.63) is 36.4 Å². The number of anilines is 1. The van der Waals surface area contributed by atoms with Crippen molar-refractivity contribution >= 4 is 17.6 Å². The van der Waals surface area contributed by atoms with Crippen LogP contribution in [0.15, 0.2) is 36.4 Å². The predicted molar refractivity (Wildman–Crippen MR) is 94.9 cm³/mol. The first-order valence-electron chi connectivity index (χ1n) is 9.09. The second kappa shape index (κ2) is 6.43. The highest BCUT2D eigenvalue weighted by atomic mass is 16.6. The Kier molecular flexibility index (Phi) is 4.23. The first kappa shape index (κ1) is 17.1. The first-order valence-corrected chi connectivity index (χ1v) is 9.09. The van der Waals surface area contributed by atoms with E-state index >= 15 is 0 Å². The zero-order valence-electron chi connectivity index (χ0n) is 15.0. The van der Waals surface area contributed by atoms with Gasteiger partial charge in [0.25, 0.3) is 0 Å². The third-order valence-electron chi connectivity index (χ3n) is 5.50. The lowest BCUT2D eigenvalue weighted by molar-refractivity contribution is -0.152. The molecular formula is C20H23NO5. The van der Waals surface area contributed by atoms with Crippen molar-refractivity contribution < 1.29 is 23.8 Å². The molecular weight excluding hydrogens is 334 g/mol. The van der Waals surface area contributed by atoms with Crippen LogP contribution in [0.4, 0.5) is 5.69 Å². The maximum atomic E-state index is 13.1. The molecule has 1 spiro atoms. The van der Waals surface area contributed by atoms with Gasteiger partial charge in [-0.3, -0.25) is 9.59 Å². The molecule has 1 aromatic rings. The van der Waals surface area contributed by atoms with Gasteiger partial charge in [-0.2, -0.15) is 0 Å². The minimum absolute atomic E-state index is 0.0838. The molecule has 2 saturated heterocycles. The Morgan fingerprint density at radius 1 is 1.35 bits per heavy atom. The number of rotatable bonds is 6. The number of unbranched alkanes of at least 4 members (excludes halogenated alkanes) is 1. The fraction of sp³-hybridized carbons (Fsp3) is 0.500. The van der Waals surface area contributed by atoms with Gasteiger partial charge < -0.3 is 19.1 Å². The van der Waals surface area contributed by atoms with Gasteiger partial charge in [-0.25, -0.2) is 0 Å². The van der Waals surface area contributed by atoms with Gasteiger partial charge >= 0.3 is 5.97 Å². The van der Waals surface area contributed by atoms with Crippen LogP contribution in [-0.2, 0) is 19.1 Å². The summed E-state index contributed by atoms with van der Waals surface area (Å²) in [7, 11) is 1.60.